The molecule has 4 nitrogen and oxygen atoms in total. The fraction of sp³-hybridized carbons (Fsp3) is 0.375. The lowest BCUT2D eigenvalue weighted by molar-refractivity contribution is -0.121. The van der Waals surface area contributed by atoms with Crippen molar-refractivity contribution in [1.29, 1.82) is 0 Å². The number of carbonyl (C=O) groups is 2. The number of hydrogen-bond acceptors (Lipinski definition) is 2. The van der Waals surface area contributed by atoms with E-state index in [4.69, 9.17) is 0 Å². The summed E-state index contributed by atoms with van der Waals surface area (Å²) in [5.41, 5.74) is 1.65. The number of nitrogens with one attached hydrogen (secondary N) is 1. The predicted octanol–water partition coefficient (Wildman–Crippen LogP) is 2.51. The van der Waals surface area contributed by atoms with Gasteiger partial charge in [-0.2, -0.15) is 0 Å². The zero-order chi connectivity index (χ0) is 14.1. The predicted molar refractivity (Wildman–Crippen MR) is 77.7 cm³/mol. The Bertz CT molecular complexity index is 668. The van der Waals surface area contributed by atoms with E-state index in [1.165, 1.54) is 0 Å². The molecule has 1 aromatic heterocycles. The highest BCUT2D eigenvalue weighted by molar-refractivity contribution is 6.08. The van der Waals surface area contributed by atoms with Crippen molar-refractivity contribution >= 4 is 22.6 Å². The maximum Gasteiger partial charge on any atom is 0.240 e. The highest BCUT2D eigenvalue weighted by Crippen LogP contribution is 2.23. The van der Waals surface area contributed by atoms with E-state index in [0.29, 0.717) is 18.0 Å². The summed E-state index contributed by atoms with van der Waals surface area (Å²) in [5, 5.41) is 3.90. The molecule has 1 saturated carbocycles. The molecule has 1 heterocycles. The third-order valence-electron chi connectivity index (χ3n) is 3.67. The fourth-order valence-electron chi connectivity index (χ4n) is 2.45. The van der Waals surface area contributed by atoms with E-state index < -0.39 is 0 Å². The molecule has 1 N–H and O–H groups in total. The zero-order valence-corrected chi connectivity index (χ0v) is 11.6. The van der Waals surface area contributed by atoms with Crippen molar-refractivity contribution in [3.63, 3.8) is 0 Å². The molecule has 0 atom stereocenters. The Hall–Kier alpha value is -2.10. The van der Waals surface area contributed by atoms with Crippen molar-refractivity contribution in [1.82, 2.24) is 9.88 Å². The van der Waals surface area contributed by atoms with Crippen LogP contribution in [0.3, 0.4) is 0 Å². The maximum atomic E-state index is 12.0. The maximum absolute atomic E-state index is 12.0. The highest BCUT2D eigenvalue weighted by atomic mass is 16.2. The van der Waals surface area contributed by atoms with E-state index in [1.54, 1.807) is 0 Å². The standard InChI is InChI=1S/C16H18N2O2/c1-2-15(19)13-9-18(10-16(20)17-11-7-8-11)14-6-4-3-5-12(13)14/h3-6,9,11H,2,7-8,10H2,1H3,(H,17,20). The van der Waals surface area contributed by atoms with E-state index >= 15 is 0 Å². The summed E-state index contributed by atoms with van der Waals surface area (Å²) in [6.07, 6.45) is 4.45. The van der Waals surface area contributed by atoms with Gasteiger partial charge in [-0.15, -0.1) is 0 Å². The molecular weight excluding hydrogens is 252 g/mol. The van der Waals surface area contributed by atoms with Crippen LogP contribution < -0.4 is 5.32 Å². The van der Waals surface area contributed by atoms with Crippen LogP contribution in [0, 0.1) is 0 Å². The van der Waals surface area contributed by atoms with Gasteiger partial charge in [-0.1, -0.05) is 25.1 Å². The first-order valence-electron chi connectivity index (χ1n) is 7.09. The average molecular weight is 270 g/mol. The minimum Gasteiger partial charge on any atom is -0.352 e. The summed E-state index contributed by atoms with van der Waals surface area (Å²) >= 11 is 0. The van der Waals surface area contributed by atoms with Crippen molar-refractivity contribution in [2.24, 2.45) is 0 Å². The molecule has 4 heteroatoms. The van der Waals surface area contributed by atoms with Gasteiger partial charge in [0.05, 0.1) is 0 Å². The summed E-state index contributed by atoms with van der Waals surface area (Å²) in [7, 11) is 0. The molecule has 20 heavy (non-hydrogen) atoms. The van der Waals surface area contributed by atoms with Crippen LogP contribution in [0.2, 0.25) is 0 Å². The molecule has 104 valence electrons. The summed E-state index contributed by atoms with van der Waals surface area (Å²) < 4.78 is 1.87. The molecule has 1 aliphatic carbocycles. The number of rotatable bonds is 5. The number of nitrogens with zero attached hydrogens (tertiary/aromatic N) is 1. The SMILES string of the molecule is CCC(=O)c1cn(CC(=O)NC2CC2)c2ccccc12. The van der Waals surface area contributed by atoms with Crippen molar-refractivity contribution in [3.05, 3.63) is 36.0 Å². The van der Waals surface area contributed by atoms with Gasteiger partial charge in [0.1, 0.15) is 6.54 Å². The largest absolute Gasteiger partial charge is 0.352 e. The molecule has 0 bridgehead atoms. The molecule has 3 rings (SSSR count). The Labute approximate surface area is 117 Å². The lowest BCUT2D eigenvalue weighted by Crippen LogP contribution is -2.29. The quantitative estimate of drug-likeness (QED) is 0.849. The molecule has 2 aromatic rings. The van der Waals surface area contributed by atoms with Crippen molar-refractivity contribution in [2.75, 3.05) is 0 Å². The Morgan fingerprint density at radius 3 is 2.75 bits per heavy atom. The van der Waals surface area contributed by atoms with E-state index in [1.807, 2.05) is 42.0 Å². The van der Waals surface area contributed by atoms with Crippen LogP contribution in [0.25, 0.3) is 10.9 Å². The molecule has 1 aromatic carbocycles. The normalized spacial score (nSPS) is 14.4. The number of carbonyl (C=O) groups excluding carboxylic acids is 2. The molecular formula is C16H18N2O2. The van der Waals surface area contributed by atoms with E-state index in [-0.39, 0.29) is 18.2 Å². The number of para-hydroxylation sites is 1. The number of benzene rings is 1. The van der Waals surface area contributed by atoms with Crippen molar-refractivity contribution in [2.45, 2.75) is 38.8 Å². The van der Waals surface area contributed by atoms with Crippen molar-refractivity contribution in [3.8, 4) is 0 Å². The minimum atomic E-state index is 0.0174. The van der Waals surface area contributed by atoms with Gasteiger partial charge in [0.25, 0.3) is 0 Å². The number of aromatic nitrogens is 1. The van der Waals surface area contributed by atoms with Gasteiger partial charge in [-0.05, 0) is 18.9 Å². The first-order valence-corrected chi connectivity index (χ1v) is 7.09. The van der Waals surface area contributed by atoms with Crippen LogP contribution in [-0.2, 0) is 11.3 Å². The van der Waals surface area contributed by atoms with E-state index in [0.717, 1.165) is 23.7 Å². The summed E-state index contributed by atoms with van der Waals surface area (Å²) in [6, 6.07) is 8.10. The van der Waals surface area contributed by atoms with Gasteiger partial charge < -0.3 is 9.88 Å². The Balaban J connectivity index is 1.93. The van der Waals surface area contributed by atoms with Crippen LogP contribution in [0.5, 0.6) is 0 Å². The molecule has 0 spiro atoms. The number of ketones is 1. The van der Waals surface area contributed by atoms with Crippen LogP contribution in [0.4, 0.5) is 0 Å². The summed E-state index contributed by atoms with van der Waals surface area (Å²) in [5.74, 6) is 0.131. The van der Waals surface area contributed by atoms with Gasteiger partial charge in [-0.3, -0.25) is 9.59 Å². The molecule has 0 saturated heterocycles. The van der Waals surface area contributed by atoms with Crippen LogP contribution in [0.15, 0.2) is 30.5 Å². The average Bonchev–Trinajstić information content (AvgIpc) is 3.19. The molecule has 0 unspecified atom stereocenters. The Morgan fingerprint density at radius 2 is 2.05 bits per heavy atom. The van der Waals surface area contributed by atoms with Crippen LogP contribution in [-0.4, -0.2) is 22.3 Å². The second kappa shape index (κ2) is 5.12. The second-order valence-corrected chi connectivity index (χ2v) is 5.31. The lowest BCUT2D eigenvalue weighted by atomic mass is 10.1. The van der Waals surface area contributed by atoms with Crippen LogP contribution >= 0.6 is 0 Å². The Morgan fingerprint density at radius 1 is 1.30 bits per heavy atom. The van der Waals surface area contributed by atoms with Gasteiger partial charge in [0, 0.05) is 35.1 Å². The molecule has 0 radical (unpaired) electrons. The summed E-state index contributed by atoms with van der Waals surface area (Å²) in [4.78, 5) is 23.9. The van der Waals surface area contributed by atoms with Gasteiger partial charge in [-0.25, -0.2) is 0 Å². The Kier molecular flexibility index (Phi) is 3.30. The number of hydrogen-bond donors (Lipinski definition) is 1. The molecule has 0 aliphatic heterocycles. The highest BCUT2D eigenvalue weighted by Gasteiger charge is 2.23. The van der Waals surface area contributed by atoms with Crippen LogP contribution in [0.1, 0.15) is 36.5 Å². The lowest BCUT2D eigenvalue weighted by Gasteiger charge is -2.05. The van der Waals surface area contributed by atoms with Gasteiger partial charge >= 0.3 is 0 Å². The number of fused-ring (bicyclic) bond motifs is 1. The smallest absolute Gasteiger partial charge is 0.240 e. The molecule has 1 amide bonds. The zero-order valence-electron chi connectivity index (χ0n) is 11.6. The first kappa shape index (κ1) is 12.9. The number of amides is 1. The first-order chi connectivity index (χ1) is 9.69. The monoisotopic (exact) mass is 270 g/mol. The minimum absolute atomic E-state index is 0.0174. The third kappa shape index (κ3) is 2.46. The van der Waals surface area contributed by atoms with Crippen molar-refractivity contribution < 1.29 is 9.59 Å². The van der Waals surface area contributed by atoms with E-state index in [2.05, 4.69) is 5.32 Å². The molecule has 1 fully saturated rings. The third-order valence-corrected chi connectivity index (χ3v) is 3.67. The topological polar surface area (TPSA) is 51.1 Å². The fourth-order valence-corrected chi connectivity index (χ4v) is 2.45. The summed E-state index contributed by atoms with van der Waals surface area (Å²) in [6.45, 7) is 2.13. The number of Topliss-reactive ketones (excluding diaryl/α,β-unsaturated/α-hetero) is 1. The molecule has 1 aliphatic rings. The van der Waals surface area contributed by atoms with Gasteiger partial charge in [0.15, 0.2) is 5.78 Å². The van der Waals surface area contributed by atoms with Gasteiger partial charge in [0.2, 0.25) is 5.91 Å². The van der Waals surface area contributed by atoms with E-state index in [9.17, 15) is 9.59 Å². The second-order valence-electron chi connectivity index (χ2n) is 5.31.